The third-order valence-electron chi connectivity index (χ3n) is 8.82. The van der Waals surface area contributed by atoms with Crippen LogP contribution in [0.1, 0.15) is 84.5 Å². The molecule has 2 heterocycles. The van der Waals surface area contributed by atoms with E-state index in [1.807, 2.05) is 0 Å². The molecule has 3 fully saturated rings. The first kappa shape index (κ1) is 18.3. The molecule has 3 saturated carbocycles. The van der Waals surface area contributed by atoms with Gasteiger partial charge in [0, 0.05) is 0 Å². The topological polar surface area (TPSA) is 18.3 Å². The van der Waals surface area contributed by atoms with E-state index >= 15 is 0 Å². The number of nitrogens with zero attached hydrogens (tertiary/aromatic N) is 2. The SMILES string of the molecule is CC(C)CC1C[N+]2=C(NCC2C2CCCCC2)N1CCC1CC2CCC1C2. The van der Waals surface area contributed by atoms with E-state index < -0.39 is 0 Å². The lowest BCUT2D eigenvalue weighted by Gasteiger charge is -2.29. The van der Waals surface area contributed by atoms with Crippen molar-refractivity contribution >= 4 is 5.96 Å². The zero-order chi connectivity index (χ0) is 18.4. The minimum Gasteiger partial charge on any atom is -0.274 e. The zero-order valence-electron chi connectivity index (χ0n) is 17.8. The van der Waals surface area contributed by atoms with Crippen LogP contribution in [0.15, 0.2) is 0 Å². The number of fused-ring (bicyclic) bond motifs is 2. The molecule has 0 radical (unpaired) electrons. The van der Waals surface area contributed by atoms with Crippen molar-refractivity contribution in [3.8, 4) is 0 Å². The summed E-state index contributed by atoms with van der Waals surface area (Å²) in [5.74, 6) is 6.47. The second-order valence-electron chi connectivity index (χ2n) is 11.0. The summed E-state index contributed by atoms with van der Waals surface area (Å²) in [4.78, 5) is 2.83. The molecule has 27 heavy (non-hydrogen) atoms. The summed E-state index contributed by atoms with van der Waals surface area (Å²) in [6.07, 6.45) is 16.3. The quantitative estimate of drug-likeness (QED) is 0.694. The highest BCUT2D eigenvalue weighted by Crippen LogP contribution is 2.49. The molecular formula is C24H42N3+. The van der Waals surface area contributed by atoms with Crippen molar-refractivity contribution in [3.05, 3.63) is 0 Å². The second kappa shape index (κ2) is 7.59. The Labute approximate surface area is 167 Å². The highest BCUT2D eigenvalue weighted by Gasteiger charge is 2.48. The number of guanidine groups is 1. The van der Waals surface area contributed by atoms with Crippen LogP contribution in [0.4, 0.5) is 0 Å². The normalized spacial score (nSPS) is 38.9. The second-order valence-corrected chi connectivity index (χ2v) is 11.0. The summed E-state index contributed by atoms with van der Waals surface area (Å²) >= 11 is 0. The van der Waals surface area contributed by atoms with E-state index in [9.17, 15) is 0 Å². The first-order chi connectivity index (χ1) is 13.2. The minimum absolute atomic E-state index is 0.748. The van der Waals surface area contributed by atoms with Gasteiger partial charge in [-0.25, -0.2) is 0 Å². The van der Waals surface area contributed by atoms with Crippen LogP contribution in [0.2, 0.25) is 0 Å². The Bertz CT molecular complexity index is 562. The molecule has 2 bridgehead atoms. The molecule has 5 aliphatic rings. The number of nitrogens with one attached hydrogen (secondary N) is 1. The molecule has 0 amide bonds. The van der Waals surface area contributed by atoms with Crippen LogP contribution in [0.25, 0.3) is 0 Å². The van der Waals surface area contributed by atoms with E-state index in [1.165, 1.54) is 83.4 Å². The van der Waals surface area contributed by atoms with Crippen LogP contribution in [0.5, 0.6) is 0 Å². The minimum atomic E-state index is 0.748. The molecule has 3 heteroatoms. The largest absolute Gasteiger partial charge is 0.349 e. The molecule has 152 valence electrons. The van der Waals surface area contributed by atoms with Crippen molar-refractivity contribution in [2.75, 3.05) is 19.6 Å². The van der Waals surface area contributed by atoms with Gasteiger partial charge in [-0.15, -0.1) is 0 Å². The Morgan fingerprint density at radius 3 is 2.59 bits per heavy atom. The lowest BCUT2D eigenvalue weighted by Crippen LogP contribution is -2.45. The van der Waals surface area contributed by atoms with E-state index in [2.05, 4.69) is 28.6 Å². The van der Waals surface area contributed by atoms with Crippen LogP contribution < -0.4 is 5.32 Å². The van der Waals surface area contributed by atoms with Gasteiger partial charge in [0.25, 0.3) is 0 Å². The van der Waals surface area contributed by atoms with Crippen LogP contribution in [0, 0.1) is 29.6 Å². The molecule has 0 aromatic rings. The molecule has 3 nitrogen and oxygen atoms in total. The fourth-order valence-corrected chi connectivity index (χ4v) is 7.56. The van der Waals surface area contributed by atoms with Gasteiger partial charge in [-0.1, -0.05) is 39.5 Å². The Morgan fingerprint density at radius 2 is 1.89 bits per heavy atom. The Balaban J connectivity index is 1.28. The van der Waals surface area contributed by atoms with Gasteiger partial charge < -0.3 is 0 Å². The highest BCUT2D eigenvalue weighted by atomic mass is 15.4. The van der Waals surface area contributed by atoms with E-state index in [1.54, 1.807) is 12.8 Å². The molecule has 5 unspecified atom stereocenters. The average molecular weight is 373 g/mol. The average Bonchev–Trinajstić information content (AvgIpc) is 3.41. The van der Waals surface area contributed by atoms with Crippen LogP contribution >= 0.6 is 0 Å². The van der Waals surface area contributed by atoms with Crippen LogP contribution in [-0.4, -0.2) is 47.2 Å². The predicted molar refractivity (Wildman–Crippen MR) is 112 cm³/mol. The Morgan fingerprint density at radius 1 is 1.04 bits per heavy atom. The van der Waals surface area contributed by atoms with Crippen molar-refractivity contribution in [1.82, 2.24) is 10.2 Å². The van der Waals surface area contributed by atoms with Crippen LogP contribution in [-0.2, 0) is 0 Å². The maximum atomic E-state index is 3.90. The van der Waals surface area contributed by atoms with Crippen molar-refractivity contribution < 1.29 is 4.58 Å². The standard InChI is InChI=1S/C24H41N3/c1-17(2)12-22-16-27-23(19-6-4-3-5-7-19)15-25-24(27)26(22)11-10-21-14-18-8-9-20(21)13-18/h17-23H,3-16H2,1-2H3/p+1. The number of hydrogen-bond donors (Lipinski definition) is 1. The Kier molecular flexibility index (Phi) is 5.15. The van der Waals surface area contributed by atoms with Gasteiger partial charge in [0.2, 0.25) is 0 Å². The molecule has 2 aliphatic heterocycles. The smallest absolute Gasteiger partial charge is 0.274 e. The number of hydrogen-bond acceptors (Lipinski definition) is 2. The number of rotatable bonds is 6. The summed E-state index contributed by atoms with van der Waals surface area (Å²) in [7, 11) is 0. The van der Waals surface area contributed by atoms with Crippen molar-refractivity contribution in [2.24, 2.45) is 29.6 Å². The predicted octanol–water partition coefficient (Wildman–Crippen LogP) is 4.46. The fourth-order valence-electron chi connectivity index (χ4n) is 7.56. The summed E-state index contributed by atoms with van der Waals surface area (Å²) < 4.78 is 2.82. The van der Waals surface area contributed by atoms with E-state index in [-0.39, 0.29) is 0 Å². The third kappa shape index (κ3) is 3.53. The van der Waals surface area contributed by atoms with Gasteiger partial charge >= 0.3 is 5.96 Å². The van der Waals surface area contributed by atoms with Crippen molar-refractivity contribution in [1.29, 1.82) is 0 Å². The summed E-state index contributed by atoms with van der Waals surface area (Å²) in [6.45, 7) is 8.63. The molecule has 0 aromatic heterocycles. The maximum absolute atomic E-state index is 3.90. The molecule has 5 rings (SSSR count). The van der Waals surface area contributed by atoms with Gasteiger partial charge in [0.1, 0.15) is 18.6 Å². The molecule has 5 atom stereocenters. The maximum Gasteiger partial charge on any atom is 0.349 e. The molecule has 0 saturated heterocycles. The van der Waals surface area contributed by atoms with Gasteiger partial charge in [-0.2, -0.15) is 0 Å². The monoisotopic (exact) mass is 372 g/mol. The van der Waals surface area contributed by atoms with Crippen molar-refractivity contribution in [2.45, 2.75) is 96.6 Å². The van der Waals surface area contributed by atoms with Gasteiger partial charge in [0.15, 0.2) is 0 Å². The lowest BCUT2D eigenvalue weighted by atomic mass is 9.83. The van der Waals surface area contributed by atoms with Crippen molar-refractivity contribution in [3.63, 3.8) is 0 Å². The molecule has 0 spiro atoms. The summed E-state index contributed by atoms with van der Waals surface area (Å²) in [5.41, 5.74) is 0. The van der Waals surface area contributed by atoms with E-state index in [0.717, 1.165) is 41.7 Å². The summed E-state index contributed by atoms with van der Waals surface area (Å²) in [6, 6.07) is 1.53. The summed E-state index contributed by atoms with van der Waals surface area (Å²) in [5, 5.41) is 3.90. The van der Waals surface area contributed by atoms with Crippen LogP contribution in [0.3, 0.4) is 0 Å². The zero-order valence-corrected chi connectivity index (χ0v) is 17.8. The highest BCUT2D eigenvalue weighted by molar-refractivity contribution is 5.77. The van der Waals surface area contributed by atoms with Gasteiger partial charge in [0.05, 0.1) is 13.1 Å². The van der Waals surface area contributed by atoms with E-state index in [4.69, 9.17) is 0 Å². The fraction of sp³-hybridized carbons (Fsp3) is 0.958. The molecule has 3 aliphatic carbocycles. The molecule has 1 N–H and O–H groups in total. The molecule has 0 aromatic carbocycles. The molecular weight excluding hydrogens is 330 g/mol. The third-order valence-corrected chi connectivity index (χ3v) is 8.82. The first-order valence-electron chi connectivity index (χ1n) is 12.3. The lowest BCUT2D eigenvalue weighted by molar-refractivity contribution is -0.559. The van der Waals surface area contributed by atoms with Gasteiger partial charge in [-0.05, 0) is 74.5 Å². The van der Waals surface area contributed by atoms with Gasteiger partial charge in [-0.3, -0.25) is 14.8 Å². The Hall–Kier alpha value is -0.730. The van der Waals surface area contributed by atoms with E-state index in [0.29, 0.717) is 0 Å². The first-order valence-corrected chi connectivity index (χ1v) is 12.3.